The lowest BCUT2D eigenvalue weighted by molar-refractivity contribution is -0.384. The number of nitrogens with zero attached hydrogens (tertiary/aromatic N) is 2. The van der Waals surface area contributed by atoms with Gasteiger partial charge in [0.15, 0.2) is 0 Å². The Hall–Kier alpha value is -3.38. The Bertz CT molecular complexity index is 921. The highest BCUT2D eigenvalue weighted by molar-refractivity contribution is 9.10. The van der Waals surface area contributed by atoms with E-state index in [-0.39, 0.29) is 22.7 Å². The van der Waals surface area contributed by atoms with Crippen molar-refractivity contribution in [3.63, 3.8) is 0 Å². The molecule has 0 unspecified atom stereocenters. The Kier molecular flexibility index (Phi) is 6.30. The Balaban J connectivity index is 2.19. The van der Waals surface area contributed by atoms with Gasteiger partial charge in [-0.1, -0.05) is 12.1 Å². The van der Waals surface area contributed by atoms with Gasteiger partial charge in [0.2, 0.25) is 0 Å². The number of rotatable bonds is 6. The lowest BCUT2D eigenvalue weighted by Crippen LogP contribution is -2.15. The standard InChI is InChI=1S/C17H13BrN4O4/c1-26-16-8-12(22(24)25)6-7-15(16)21-17(23)11(9-19)10-20-14-5-3-2-4-13(14)18/h2-8,10,20H,1H3,(H,21,23)/b11-10-. The molecule has 0 spiro atoms. The van der Waals surface area contributed by atoms with Crippen LogP contribution in [-0.4, -0.2) is 17.9 Å². The van der Waals surface area contributed by atoms with Crippen molar-refractivity contribution in [3.8, 4) is 11.8 Å². The molecular weight excluding hydrogens is 404 g/mol. The molecule has 8 nitrogen and oxygen atoms in total. The lowest BCUT2D eigenvalue weighted by Gasteiger charge is -2.10. The maximum Gasteiger partial charge on any atom is 0.273 e. The number of nitrogens with one attached hydrogen (secondary N) is 2. The van der Waals surface area contributed by atoms with Gasteiger partial charge in [-0.15, -0.1) is 0 Å². The smallest absolute Gasteiger partial charge is 0.273 e. The molecule has 0 aromatic heterocycles. The van der Waals surface area contributed by atoms with E-state index in [9.17, 15) is 20.2 Å². The number of halogens is 1. The number of ether oxygens (including phenoxy) is 1. The van der Waals surface area contributed by atoms with E-state index < -0.39 is 10.8 Å². The van der Waals surface area contributed by atoms with Crippen molar-refractivity contribution in [1.29, 1.82) is 5.26 Å². The summed E-state index contributed by atoms with van der Waals surface area (Å²) in [7, 11) is 1.32. The van der Waals surface area contributed by atoms with Crippen LogP contribution in [0.5, 0.6) is 5.75 Å². The van der Waals surface area contributed by atoms with Crippen LogP contribution >= 0.6 is 15.9 Å². The van der Waals surface area contributed by atoms with Gasteiger partial charge in [0, 0.05) is 16.7 Å². The Morgan fingerprint density at radius 2 is 2.04 bits per heavy atom. The summed E-state index contributed by atoms with van der Waals surface area (Å²) < 4.78 is 5.82. The summed E-state index contributed by atoms with van der Waals surface area (Å²) in [4.78, 5) is 22.5. The van der Waals surface area contributed by atoms with Crippen molar-refractivity contribution in [3.05, 3.63) is 68.8 Å². The minimum absolute atomic E-state index is 0.114. The molecular formula is C17H13BrN4O4. The number of hydrogen-bond donors (Lipinski definition) is 2. The molecule has 0 aliphatic carbocycles. The molecule has 0 aliphatic rings. The Morgan fingerprint density at radius 3 is 2.65 bits per heavy atom. The maximum absolute atomic E-state index is 12.3. The van der Waals surface area contributed by atoms with Gasteiger partial charge in [-0.25, -0.2) is 0 Å². The van der Waals surface area contributed by atoms with Gasteiger partial charge < -0.3 is 15.4 Å². The third-order valence-electron chi connectivity index (χ3n) is 3.26. The summed E-state index contributed by atoms with van der Waals surface area (Å²) in [6.07, 6.45) is 1.27. The molecule has 0 heterocycles. The first-order chi connectivity index (χ1) is 12.5. The number of nitriles is 1. The highest BCUT2D eigenvalue weighted by Gasteiger charge is 2.15. The number of para-hydroxylation sites is 1. The zero-order chi connectivity index (χ0) is 19.1. The van der Waals surface area contributed by atoms with Crippen LogP contribution in [0.3, 0.4) is 0 Å². The lowest BCUT2D eigenvalue weighted by atomic mass is 10.2. The number of anilines is 2. The van der Waals surface area contributed by atoms with E-state index >= 15 is 0 Å². The zero-order valence-electron chi connectivity index (χ0n) is 13.5. The van der Waals surface area contributed by atoms with Gasteiger partial charge in [0.05, 0.1) is 29.5 Å². The van der Waals surface area contributed by atoms with Gasteiger partial charge in [-0.05, 0) is 34.1 Å². The number of benzene rings is 2. The van der Waals surface area contributed by atoms with Crippen LogP contribution in [0.25, 0.3) is 0 Å². The number of carbonyl (C=O) groups is 1. The summed E-state index contributed by atoms with van der Waals surface area (Å²) in [5, 5.41) is 25.4. The van der Waals surface area contributed by atoms with E-state index in [4.69, 9.17) is 4.74 Å². The van der Waals surface area contributed by atoms with Crippen LogP contribution < -0.4 is 15.4 Å². The number of carbonyl (C=O) groups excluding carboxylic acids is 1. The highest BCUT2D eigenvalue weighted by Crippen LogP contribution is 2.29. The van der Waals surface area contributed by atoms with Crippen molar-refractivity contribution in [1.82, 2.24) is 0 Å². The van der Waals surface area contributed by atoms with E-state index in [1.807, 2.05) is 12.1 Å². The predicted octanol–water partition coefficient (Wildman–Crippen LogP) is 3.82. The fourth-order valence-corrected chi connectivity index (χ4v) is 2.36. The molecule has 132 valence electrons. The average Bonchev–Trinajstić information content (AvgIpc) is 2.63. The van der Waals surface area contributed by atoms with Crippen molar-refractivity contribution < 1.29 is 14.5 Å². The normalized spacial score (nSPS) is 10.6. The molecule has 2 rings (SSSR count). The number of nitro benzene ring substituents is 1. The van der Waals surface area contributed by atoms with Gasteiger partial charge >= 0.3 is 0 Å². The molecule has 0 fully saturated rings. The molecule has 2 aromatic rings. The van der Waals surface area contributed by atoms with Gasteiger partial charge in [-0.3, -0.25) is 14.9 Å². The van der Waals surface area contributed by atoms with Gasteiger partial charge in [0.1, 0.15) is 17.4 Å². The van der Waals surface area contributed by atoms with Crippen LogP contribution in [0.2, 0.25) is 0 Å². The average molecular weight is 417 g/mol. The quantitative estimate of drug-likeness (QED) is 0.319. The van der Waals surface area contributed by atoms with Crippen LogP contribution in [0, 0.1) is 21.4 Å². The second kappa shape index (κ2) is 8.64. The Morgan fingerprint density at radius 1 is 1.31 bits per heavy atom. The van der Waals surface area contributed by atoms with Crippen LogP contribution in [0.1, 0.15) is 0 Å². The second-order valence-corrected chi connectivity index (χ2v) is 5.74. The highest BCUT2D eigenvalue weighted by atomic mass is 79.9. The van der Waals surface area contributed by atoms with Crippen molar-refractivity contribution in [2.24, 2.45) is 0 Å². The first kappa shape index (κ1) is 19.0. The van der Waals surface area contributed by atoms with E-state index in [0.29, 0.717) is 5.69 Å². The summed E-state index contributed by atoms with van der Waals surface area (Å²) in [5.41, 5.74) is 0.541. The largest absolute Gasteiger partial charge is 0.494 e. The van der Waals surface area contributed by atoms with Gasteiger partial charge in [-0.2, -0.15) is 5.26 Å². The molecule has 0 saturated carbocycles. The minimum Gasteiger partial charge on any atom is -0.494 e. The molecule has 0 radical (unpaired) electrons. The fraction of sp³-hybridized carbons (Fsp3) is 0.0588. The SMILES string of the molecule is COc1cc([N+](=O)[O-])ccc1NC(=O)/C(C#N)=C\Nc1ccccc1Br. The molecule has 9 heteroatoms. The minimum atomic E-state index is -0.681. The Labute approximate surface area is 157 Å². The first-order valence-electron chi connectivity index (χ1n) is 7.21. The summed E-state index contributed by atoms with van der Waals surface area (Å²) >= 11 is 3.35. The monoisotopic (exact) mass is 416 g/mol. The predicted molar refractivity (Wildman–Crippen MR) is 99.7 cm³/mol. The molecule has 2 aromatic carbocycles. The number of methoxy groups -OCH3 is 1. The number of amides is 1. The van der Waals surface area contributed by atoms with Crippen LogP contribution in [0.4, 0.5) is 17.1 Å². The fourth-order valence-electron chi connectivity index (χ4n) is 1.96. The molecule has 2 N–H and O–H groups in total. The molecule has 0 aliphatic heterocycles. The van der Waals surface area contributed by atoms with E-state index in [0.717, 1.165) is 4.47 Å². The first-order valence-corrected chi connectivity index (χ1v) is 8.00. The van der Waals surface area contributed by atoms with Crippen molar-refractivity contribution in [2.75, 3.05) is 17.7 Å². The van der Waals surface area contributed by atoms with Crippen molar-refractivity contribution >= 4 is 38.9 Å². The second-order valence-electron chi connectivity index (χ2n) is 4.89. The third-order valence-corrected chi connectivity index (χ3v) is 3.95. The number of hydrogen-bond acceptors (Lipinski definition) is 6. The molecule has 0 atom stereocenters. The van der Waals surface area contributed by atoms with E-state index in [1.165, 1.54) is 31.5 Å². The summed E-state index contributed by atoms with van der Waals surface area (Å²) in [5.74, 6) is -0.567. The topological polar surface area (TPSA) is 117 Å². The molecule has 1 amide bonds. The van der Waals surface area contributed by atoms with Crippen molar-refractivity contribution in [2.45, 2.75) is 0 Å². The van der Waals surface area contributed by atoms with E-state index in [2.05, 4.69) is 26.6 Å². The molecule has 0 saturated heterocycles. The maximum atomic E-state index is 12.3. The summed E-state index contributed by atoms with van der Waals surface area (Å²) in [6, 6.07) is 12.8. The number of non-ortho nitro benzene ring substituents is 1. The van der Waals surface area contributed by atoms with Crippen LogP contribution in [0.15, 0.2) is 58.7 Å². The third kappa shape index (κ3) is 4.58. The summed E-state index contributed by atoms with van der Waals surface area (Å²) in [6.45, 7) is 0. The molecule has 0 bridgehead atoms. The molecule has 26 heavy (non-hydrogen) atoms. The van der Waals surface area contributed by atoms with Gasteiger partial charge in [0.25, 0.3) is 11.6 Å². The van der Waals surface area contributed by atoms with Crippen LogP contribution in [-0.2, 0) is 4.79 Å². The number of nitro groups is 1. The van der Waals surface area contributed by atoms with E-state index in [1.54, 1.807) is 18.2 Å². The zero-order valence-corrected chi connectivity index (χ0v) is 15.1.